The molecule has 2 heterocycles. The molecule has 160 valence electrons. The summed E-state index contributed by atoms with van der Waals surface area (Å²) in [5.74, 6) is 0.940. The van der Waals surface area contributed by atoms with Crippen LogP contribution in [0.15, 0.2) is 59.6 Å². The first-order valence-corrected chi connectivity index (χ1v) is 11.6. The summed E-state index contributed by atoms with van der Waals surface area (Å²) >= 11 is 1.20. The molecule has 3 aromatic rings. The fourth-order valence-electron chi connectivity index (χ4n) is 2.70. The maximum absolute atomic E-state index is 12.5. The van der Waals surface area contributed by atoms with Crippen LogP contribution in [0.4, 0.5) is 10.8 Å². The van der Waals surface area contributed by atoms with Gasteiger partial charge < -0.3 is 14.8 Å². The van der Waals surface area contributed by atoms with E-state index >= 15 is 0 Å². The molecule has 0 bridgehead atoms. The first kappa shape index (κ1) is 20.8. The number of allylic oxidation sites excluding steroid dienone is 1. The number of carbonyl (C=O) groups is 1. The fourth-order valence-corrected chi connectivity index (χ4v) is 4.61. The van der Waals surface area contributed by atoms with Gasteiger partial charge in [-0.2, -0.15) is 0 Å². The Morgan fingerprint density at radius 1 is 1.13 bits per heavy atom. The van der Waals surface area contributed by atoms with Crippen LogP contribution in [0.3, 0.4) is 0 Å². The molecule has 1 aliphatic heterocycles. The van der Waals surface area contributed by atoms with Crippen LogP contribution in [0, 0.1) is 0 Å². The second kappa shape index (κ2) is 8.74. The van der Waals surface area contributed by atoms with Gasteiger partial charge in [0.1, 0.15) is 5.01 Å². The lowest BCUT2D eigenvalue weighted by molar-refractivity contribution is 0.104. The van der Waals surface area contributed by atoms with E-state index < -0.39 is 10.0 Å². The summed E-state index contributed by atoms with van der Waals surface area (Å²) in [6.07, 6.45) is 3.55. The zero-order chi connectivity index (χ0) is 21.8. The van der Waals surface area contributed by atoms with Crippen LogP contribution in [0.5, 0.6) is 11.5 Å². The molecule has 2 N–H and O–H groups in total. The van der Waals surface area contributed by atoms with E-state index in [-0.39, 0.29) is 22.6 Å². The summed E-state index contributed by atoms with van der Waals surface area (Å²) in [6, 6.07) is 11.1. The maximum atomic E-state index is 12.5. The molecular weight excluding hydrogens is 440 g/mol. The van der Waals surface area contributed by atoms with Crippen LogP contribution in [0.2, 0.25) is 0 Å². The Balaban J connectivity index is 1.37. The lowest BCUT2D eigenvalue weighted by Crippen LogP contribution is -2.12. The van der Waals surface area contributed by atoms with Crippen molar-refractivity contribution in [1.82, 2.24) is 10.2 Å². The second-order valence-corrected chi connectivity index (χ2v) is 9.14. The largest absolute Gasteiger partial charge is 0.454 e. The van der Waals surface area contributed by atoms with E-state index in [1.54, 1.807) is 30.3 Å². The number of hydrogen-bond acceptors (Lipinski definition) is 9. The summed E-state index contributed by atoms with van der Waals surface area (Å²) in [5.41, 5.74) is 1.09. The van der Waals surface area contributed by atoms with E-state index in [9.17, 15) is 13.2 Å². The highest BCUT2D eigenvalue weighted by molar-refractivity contribution is 7.93. The molecule has 0 spiro atoms. The smallest absolute Gasteiger partial charge is 0.263 e. The summed E-state index contributed by atoms with van der Waals surface area (Å²) in [4.78, 5) is 12.4. The molecule has 1 aliphatic rings. The Hall–Kier alpha value is -3.44. The van der Waals surface area contributed by atoms with Gasteiger partial charge in [0, 0.05) is 23.5 Å². The van der Waals surface area contributed by atoms with Crippen molar-refractivity contribution in [3.63, 3.8) is 0 Å². The number of fused-ring (bicyclic) bond motifs is 1. The van der Waals surface area contributed by atoms with Crippen LogP contribution in [0.1, 0.15) is 22.3 Å². The molecule has 0 aliphatic carbocycles. The van der Waals surface area contributed by atoms with Crippen LogP contribution < -0.4 is 19.5 Å². The number of sulfonamides is 1. The SMILES string of the molecule is CCc1nnc(NS(=O)(=O)c2ccc(N/C=C\C(=O)c3ccc4c(c3)OCO4)cc2)s1. The fraction of sp³-hybridized carbons (Fsp3) is 0.150. The van der Waals surface area contributed by atoms with E-state index in [0.717, 1.165) is 5.01 Å². The number of nitrogens with zero attached hydrogens (tertiary/aromatic N) is 2. The monoisotopic (exact) mass is 458 g/mol. The Bertz CT molecular complexity index is 1240. The molecular formula is C20H18N4O5S2. The molecule has 1 aromatic heterocycles. The highest BCUT2D eigenvalue weighted by atomic mass is 32.2. The minimum Gasteiger partial charge on any atom is -0.454 e. The Labute approximate surface area is 182 Å². The molecule has 0 amide bonds. The third-order valence-electron chi connectivity index (χ3n) is 4.30. The number of aryl methyl sites for hydroxylation is 1. The predicted molar refractivity (Wildman–Crippen MR) is 116 cm³/mol. The number of anilines is 2. The third-order valence-corrected chi connectivity index (χ3v) is 6.76. The second-order valence-electron chi connectivity index (χ2n) is 6.39. The summed E-state index contributed by atoms with van der Waals surface area (Å²) < 4.78 is 37.9. The topological polar surface area (TPSA) is 120 Å². The van der Waals surface area contributed by atoms with E-state index in [1.165, 1.54) is 35.7 Å². The number of benzene rings is 2. The molecule has 0 unspecified atom stereocenters. The summed E-state index contributed by atoms with van der Waals surface area (Å²) in [7, 11) is -3.76. The standard InChI is InChI=1S/C20H18N4O5S2/c1-2-19-22-23-20(30-19)24-31(26,27)15-6-4-14(5-7-15)21-10-9-16(25)13-3-8-17-18(11-13)29-12-28-17/h3-11,21H,2,12H2,1H3,(H,23,24)/b10-9-. The van der Waals surface area contributed by atoms with Crippen molar-refractivity contribution in [3.8, 4) is 11.5 Å². The Kier molecular flexibility index (Phi) is 5.87. The Morgan fingerprint density at radius 2 is 1.90 bits per heavy atom. The maximum Gasteiger partial charge on any atom is 0.263 e. The molecule has 0 atom stereocenters. The molecule has 0 saturated heterocycles. The van der Waals surface area contributed by atoms with Crippen molar-refractivity contribution >= 4 is 38.0 Å². The van der Waals surface area contributed by atoms with Gasteiger partial charge in [-0.3, -0.25) is 9.52 Å². The van der Waals surface area contributed by atoms with Crippen molar-refractivity contribution < 1.29 is 22.7 Å². The van der Waals surface area contributed by atoms with E-state index in [4.69, 9.17) is 9.47 Å². The zero-order valence-corrected chi connectivity index (χ0v) is 18.0. The molecule has 4 rings (SSSR count). The number of aromatic nitrogens is 2. The summed E-state index contributed by atoms with van der Waals surface area (Å²) in [6.45, 7) is 2.06. The van der Waals surface area contributed by atoms with Gasteiger partial charge >= 0.3 is 0 Å². The predicted octanol–water partition coefficient (Wildman–Crippen LogP) is 3.44. The van der Waals surface area contributed by atoms with Crippen molar-refractivity contribution in [2.24, 2.45) is 0 Å². The number of hydrogen-bond donors (Lipinski definition) is 2. The van der Waals surface area contributed by atoms with Crippen LogP contribution in [-0.2, 0) is 16.4 Å². The number of rotatable bonds is 8. The highest BCUT2D eigenvalue weighted by Gasteiger charge is 2.17. The number of ketones is 1. The molecule has 31 heavy (non-hydrogen) atoms. The van der Waals surface area contributed by atoms with Gasteiger partial charge in [-0.25, -0.2) is 8.42 Å². The number of ether oxygens (including phenoxy) is 2. The van der Waals surface area contributed by atoms with E-state index in [2.05, 4.69) is 20.2 Å². The number of carbonyl (C=O) groups excluding carboxylic acids is 1. The van der Waals surface area contributed by atoms with Crippen molar-refractivity contribution in [3.05, 3.63) is 65.3 Å². The quantitative estimate of drug-likeness (QED) is 0.389. The lowest BCUT2D eigenvalue weighted by Gasteiger charge is -2.06. The minimum absolute atomic E-state index is 0.0896. The number of nitrogens with one attached hydrogen (secondary N) is 2. The molecule has 0 saturated carbocycles. The average Bonchev–Trinajstić information content (AvgIpc) is 3.42. The Morgan fingerprint density at radius 3 is 2.65 bits per heavy atom. The molecule has 0 radical (unpaired) electrons. The first-order chi connectivity index (χ1) is 14.9. The highest BCUT2D eigenvalue weighted by Crippen LogP contribution is 2.32. The van der Waals surface area contributed by atoms with Gasteiger partial charge in [0.25, 0.3) is 10.0 Å². The zero-order valence-electron chi connectivity index (χ0n) is 16.4. The van der Waals surface area contributed by atoms with E-state index in [1.807, 2.05) is 6.92 Å². The first-order valence-electron chi connectivity index (χ1n) is 9.27. The minimum atomic E-state index is -3.76. The van der Waals surface area contributed by atoms with Gasteiger partial charge in [0.15, 0.2) is 17.3 Å². The van der Waals surface area contributed by atoms with Gasteiger partial charge in [-0.05, 0) is 48.9 Å². The molecule has 9 nitrogen and oxygen atoms in total. The van der Waals surface area contributed by atoms with Gasteiger partial charge in [-0.15, -0.1) is 10.2 Å². The van der Waals surface area contributed by atoms with Gasteiger partial charge in [0.2, 0.25) is 11.9 Å². The normalized spacial score (nSPS) is 12.8. The van der Waals surface area contributed by atoms with Gasteiger partial charge in [0.05, 0.1) is 4.90 Å². The molecule has 11 heteroatoms. The molecule has 2 aromatic carbocycles. The van der Waals surface area contributed by atoms with E-state index in [0.29, 0.717) is 29.2 Å². The van der Waals surface area contributed by atoms with Crippen molar-refractivity contribution in [2.75, 3.05) is 16.8 Å². The van der Waals surface area contributed by atoms with Crippen molar-refractivity contribution in [2.45, 2.75) is 18.2 Å². The van der Waals surface area contributed by atoms with Crippen LogP contribution in [0.25, 0.3) is 0 Å². The summed E-state index contributed by atoms with van der Waals surface area (Å²) in [5, 5.41) is 11.6. The third kappa shape index (κ3) is 4.84. The lowest BCUT2D eigenvalue weighted by atomic mass is 10.1. The van der Waals surface area contributed by atoms with Gasteiger partial charge in [-0.1, -0.05) is 18.3 Å². The van der Waals surface area contributed by atoms with Crippen LogP contribution >= 0.6 is 11.3 Å². The average molecular weight is 459 g/mol. The van der Waals surface area contributed by atoms with Crippen LogP contribution in [-0.4, -0.2) is 31.2 Å². The molecule has 0 fully saturated rings. The van der Waals surface area contributed by atoms with Crippen molar-refractivity contribution in [1.29, 1.82) is 0 Å².